The van der Waals surface area contributed by atoms with Gasteiger partial charge >= 0.3 is 0 Å². The lowest BCUT2D eigenvalue weighted by Gasteiger charge is -2.36. The van der Waals surface area contributed by atoms with Gasteiger partial charge in [-0.1, -0.05) is 35.9 Å². The maximum Gasteiger partial charge on any atom is 0.135 e. The number of nitrogens with one attached hydrogen (secondary N) is 1. The van der Waals surface area contributed by atoms with Crippen LogP contribution in [0.5, 0.6) is 0 Å². The molecule has 1 N–H and O–H groups in total. The molecule has 1 fully saturated rings. The van der Waals surface area contributed by atoms with Crippen molar-refractivity contribution in [1.82, 2.24) is 9.97 Å². The van der Waals surface area contributed by atoms with Crippen molar-refractivity contribution in [3.63, 3.8) is 0 Å². The molecule has 1 aliphatic rings. The van der Waals surface area contributed by atoms with Crippen LogP contribution in [0.4, 0.5) is 23.0 Å². The van der Waals surface area contributed by atoms with E-state index >= 15 is 0 Å². The lowest BCUT2D eigenvalue weighted by molar-refractivity contribution is 0.647. The Hall–Kier alpha value is -2.79. The molecular weight excluding hydrogens is 346 g/mol. The van der Waals surface area contributed by atoms with E-state index in [1.54, 1.807) is 6.33 Å². The van der Waals surface area contributed by atoms with Crippen molar-refractivity contribution >= 4 is 34.6 Å². The van der Waals surface area contributed by atoms with Gasteiger partial charge in [0.2, 0.25) is 0 Å². The molecule has 2 aromatic carbocycles. The molecule has 0 unspecified atom stereocenters. The summed E-state index contributed by atoms with van der Waals surface area (Å²) in [6.45, 7) is 3.69. The Bertz CT molecular complexity index is 863. The minimum Gasteiger partial charge on any atom is -0.368 e. The molecule has 1 aliphatic heterocycles. The molecule has 132 valence electrons. The molecule has 1 aromatic heterocycles. The van der Waals surface area contributed by atoms with Crippen LogP contribution in [0.3, 0.4) is 0 Å². The highest BCUT2D eigenvalue weighted by Gasteiger charge is 2.19. The van der Waals surface area contributed by atoms with Crippen LogP contribution in [-0.2, 0) is 0 Å². The minimum absolute atomic E-state index is 0.775. The summed E-state index contributed by atoms with van der Waals surface area (Å²) in [5, 5.41) is 4.10. The number of piperazine rings is 1. The highest BCUT2D eigenvalue weighted by atomic mass is 35.5. The largest absolute Gasteiger partial charge is 0.368 e. The van der Waals surface area contributed by atoms with Gasteiger partial charge in [0.1, 0.15) is 18.0 Å². The average molecular weight is 366 g/mol. The predicted octanol–water partition coefficient (Wildman–Crippen LogP) is 4.20. The van der Waals surface area contributed by atoms with Gasteiger partial charge in [0.25, 0.3) is 0 Å². The normalized spacial score (nSPS) is 14.3. The van der Waals surface area contributed by atoms with E-state index in [1.165, 1.54) is 5.69 Å². The summed E-state index contributed by atoms with van der Waals surface area (Å²) in [5.74, 6) is 1.75. The average Bonchev–Trinajstić information content (AvgIpc) is 2.69. The number of halogens is 1. The van der Waals surface area contributed by atoms with Gasteiger partial charge in [-0.2, -0.15) is 0 Å². The molecule has 4 rings (SSSR count). The molecule has 0 spiro atoms. The van der Waals surface area contributed by atoms with Gasteiger partial charge in [-0.05, 0) is 30.3 Å². The number of hydrogen-bond acceptors (Lipinski definition) is 5. The predicted molar refractivity (Wildman–Crippen MR) is 108 cm³/mol. The summed E-state index contributed by atoms with van der Waals surface area (Å²) in [4.78, 5) is 13.4. The third-order valence-electron chi connectivity index (χ3n) is 4.48. The maximum absolute atomic E-state index is 6.11. The molecule has 0 aliphatic carbocycles. The third-order valence-corrected chi connectivity index (χ3v) is 4.71. The summed E-state index contributed by atoms with van der Waals surface area (Å²) in [6.07, 6.45) is 1.62. The Morgan fingerprint density at radius 3 is 2.35 bits per heavy atom. The zero-order valence-corrected chi connectivity index (χ0v) is 15.1. The molecule has 26 heavy (non-hydrogen) atoms. The van der Waals surface area contributed by atoms with E-state index in [4.69, 9.17) is 11.6 Å². The highest BCUT2D eigenvalue weighted by Crippen LogP contribution is 2.23. The van der Waals surface area contributed by atoms with Crippen LogP contribution in [0.2, 0.25) is 5.02 Å². The first-order valence-corrected chi connectivity index (χ1v) is 9.05. The lowest BCUT2D eigenvalue weighted by atomic mass is 10.2. The van der Waals surface area contributed by atoms with E-state index < -0.39 is 0 Å². The number of aromatic nitrogens is 2. The molecule has 0 saturated carbocycles. The van der Waals surface area contributed by atoms with Crippen molar-refractivity contribution in [3.8, 4) is 0 Å². The first-order chi connectivity index (χ1) is 12.8. The summed E-state index contributed by atoms with van der Waals surface area (Å²) in [5.41, 5.74) is 2.19. The van der Waals surface area contributed by atoms with Gasteiger partial charge in [0.05, 0.1) is 0 Å². The van der Waals surface area contributed by atoms with E-state index in [1.807, 2.05) is 54.6 Å². The smallest absolute Gasteiger partial charge is 0.135 e. The molecule has 6 heteroatoms. The van der Waals surface area contributed by atoms with E-state index in [2.05, 4.69) is 31.2 Å². The van der Waals surface area contributed by atoms with Gasteiger partial charge in [-0.25, -0.2) is 9.97 Å². The number of hydrogen-bond donors (Lipinski definition) is 1. The molecule has 0 amide bonds. The summed E-state index contributed by atoms with van der Waals surface area (Å²) in [7, 11) is 0. The van der Waals surface area contributed by atoms with E-state index in [0.29, 0.717) is 0 Å². The molecule has 5 nitrogen and oxygen atoms in total. The summed E-state index contributed by atoms with van der Waals surface area (Å²) < 4.78 is 0. The SMILES string of the molecule is Clc1cccc(N2CCN(c3cc(Nc4ccccc4)ncn3)CC2)c1. The Balaban J connectivity index is 1.42. The van der Waals surface area contributed by atoms with Crippen molar-refractivity contribution in [1.29, 1.82) is 0 Å². The van der Waals surface area contributed by atoms with Crippen LogP contribution in [0.25, 0.3) is 0 Å². The minimum atomic E-state index is 0.775. The Morgan fingerprint density at radius 2 is 1.58 bits per heavy atom. The van der Waals surface area contributed by atoms with E-state index in [-0.39, 0.29) is 0 Å². The number of rotatable bonds is 4. The molecule has 0 bridgehead atoms. The van der Waals surface area contributed by atoms with Crippen molar-refractivity contribution in [2.45, 2.75) is 0 Å². The van der Waals surface area contributed by atoms with Gasteiger partial charge in [0.15, 0.2) is 0 Å². The number of anilines is 4. The fourth-order valence-electron chi connectivity index (χ4n) is 3.12. The van der Waals surface area contributed by atoms with Crippen LogP contribution < -0.4 is 15.1 Å². The van der Waals surface area contributed by atoms with Gasteiger partial charge < -0.3 is 15.1 Å². The number of nitrogens with zero attached hydrogens (tertiary/aromatic N) is 4. The molecular formula is C20H20ClN5. The molecule has 1 saturated heterocycles. The second-order valence-corrected chi connectivity index (χ2v) is 6.64. The lowest BCUT2D eigenvalue weighted by Crippen LogP contribution is -2.46. The molecule has 0 atom stereocenters. The first-order valence-electron chi connectivity index (χ1n) is 8.67. The fraction of sp³-hybridized carbons (Fsp3) is 0.200. The van der Waals surface area contributed by atoms with Crippen molar-refractivity contribution in [2.24, 2.45) is 0 Å². The molecule has 0 radical (unpaired) electrons. The third kappa shape index (κ3) is 3.89. The van der Waals surface area contributed by atoms with Crippen molar-refractivity contribution < 1.29 is 0 Å². The fourth-order valence-corrected chi connectivity index (χ4v) is 3.31. The number of para-hydroxylation sites is 1. The second kappa shape index (κ2) is 7.62. The van der Waals surface area contributed by atoms with Gasteiger partial charge in [0, 0.05) is 48.6 Å². The topological polar surface area (TPSA) is 44.3 Å². The van der Waals surface area contributed by atoms with Crippen LogP contribution >= 0.6 is 11.6 Å². The monoisotopic (exact) mass is 365 g/mol. The standard InChI is InChI=1S/C20H20ClN5/c21-16-5-4-8-18(13-16)25-9-11-26(12-10-25)20-14-19(22-15-23-20)24-17-6-2-1-3-7-17/h1-8,13-15H,9-12H2,(H,22,23,24). The Morgan fingerprint density at radius 1 is 0.808 bits per heavy atom. The second-order valence-electron chi connectivity index (χ2n) is 6.21. The van der Waals surface area contributed by atoms with E-state index in [9.17, 15) is 0 Å². The van der Waals surface area contributed by atoms with Gasteiger partial charge in [-0.3, -0.25) is 0 Å². The molecule has 2 heterocycles. The van der Waals surface area contributed by atoms with Crippen LogP contribution in [0.15, 0.2) is 67.0 Å². The van der Waals surface area contributed by atoms with Crippen LogP contribution in [-0.4, -0.2) is 36.1 Å². The van der Waals surface area contributed by atoms with Crippen molar-refractivity contribution in [3.05, 3.63) is 72.0 Å². The van der Waals surface area contributed by atoms with Crippen LogP contribution in [0.1, 0.15) is 0 Å². The van der Waals surface area contributed by atoms with Crippen LogP contribution in [0, 0.1) is 0 Å². The Kier molecular flexibility index (Phi) is 4.88. The number of benzene rings is 2. The van der Waals surface area contributed by atoms with Crippen molar-refractivity contribution in [2.75, 3.05) is 41.3 Å². The zero-order chi connectivity index (χ0) is 17.8. The quantitative estimate of drug-likeness (QED) is 0.750. The highest BCUT2D eigenvalue weighted by molar-refractivity contribution is 6.30. The maximum atomic E-state index is 6.11. The first kappa shape index (κ1) is 16.7. The summed E-state index contributed by atoms with van der Waals surface area (Å²) >= 11 is 6.11. The zero-order valence-electron chi connectivity index (χ0n) is 14.3. The Labute approximate surface area is 158 Å². The molecule has 3 aromatic rings. The van der Waals surface area contributed by atoms with E-state index in [0.717, 1.165) is 48.5 Å². The summed E-state index contributed by atoms with van der Waals surface area (Å²) in [6, 6.07) is 20.1. The van der Waals surface area contributed by atoms with Gasteiger partial charge in [-0.15, -0.1) is 0 Å².